The van der Waals surface area contributed by atoms with Gasteiger partial charge in [-0.15, -0.1) is 0 Å². The van der Waals surface area contributed by atoms with Crippen LogP contribution in [0.15, 0.2) is 59.4 Å². The van der Waals surface area contributed by atoms with Crippen LogP contribution in [0.2, 0.25) is 5.02 Å². The minimum Gasteiger partial charge on any atom is -0.379 e. The number of morpholine rings is 1. The van der Waals surface area contributed by atoms with Crippen LogP contribution in [-0.2, 0) is 4.74 Å². The molecule has 3 aromatic rings. The summed E-state index contributed by atoms with van der Waals surface area (Å²) in [7, 11) is 0. The lowest BCUT2D eigenvalue weighted by Gasteiger charge is -2.34. The van der Waals surface area contributed by atoms with Gasteiger partial charge in [0.1, 0.15) is 0 Å². The van der Waals surface area contributed by atoms with Gasteiger partial charge in [0.15, 0.2) is 11.5 Å². The molecule has 1 aliphatic rings. The summed E-state index contributed by atoms with van der Waals surface area (Å²) < 4.78 is 10.8. The van der Waals surface area contributed by atoms with Crippen molar-refractivity contribution in [3.8, 4) is 11.3 Å². The van der Waals surface area contributed by atoms with E-state index in [-0.39, 0.29) is 17.6 Å². The normalized spacial score (nSPS) is 15.8. The first-order valence-corrected chi connectivity index (χ1v) is 9.81. The molecule has 1 atom stereocenters. The van der Waals surface area contributed by atoms with Gasteiger partial charge in [0.2, 0.25) is 0 Å². The van der Waals surface area contributed by atoms with Crippen molar-refractivity contribution in [2.24, 2.45) is 0 Å². The van der Waals surface area contributed by atoms with E-state index in [1.54, 1.807) is 24.4 Å². The van der Waals surface area contributed by atoms with Gasteiger partial charge in [-0.3, -0.25) is 14.7 Å². The molecule has 29 heavy (non-hydrogen) atoms. The highest BCUT2D eigenvalue weighted by molar-refractivity contribution is 6.30. The molecule has 1 aromatic carbocycles. The number of nitrogens with zero attached hydrogens (tertiary/aromatic N) is 3. The summed E-state index contributed by atoms with van der Waals surface area (Å²) in [6.07, 6.45) is 3.58. The van der Waals surface area contributed by atoms with Crippen LogP contribution in [-0.4, -0.2) is 53.8 Å². The third-order valence-electron chi connectivity index (χ3n) is 4.88. The Labute approximate surface area is 173 Å². The summed E-state index contributed by atoms with van der Waals surface area (Å²) in [5.41, 5.74) is 2.10. The second-order valence-electron chi connectivity index (χ2n) is 6.74. The number of carbonyl (C=O) groups excluding carboxylic acids is 1. The van der Waals surface area contributed by atoms with Crippen molar-refractivity contribution in [3.63, 3.8) is 0 Å². The van der Waals surface area contributed by atoms with Crippen LogP contribution >= 0.6 is 11.6 Å². The molecule has 7 nitrogen and oxygen atoms in total. The molecule has 2 aromatic heterocycles. The topological polar surface area (TPSA) is 80.5 Å². The number of aromatic nitrogens is 2. The van der Waals surface area contributed by atoms with Crippen molar-refractivity contribution in [2.45, 2.75) is 6.04 Å². The number of benzene rings is 1. The molecule has 150 valence electrons. The number of amides is 1. The Bertz CT molecular complexity index is 940. The molecule has 1 aliphatic heterocycles. The molecule has 1 saturated heterocycles. The van der Waals surface area contributed by atoms with Crippen molar-refractivity contribution in [1.82, 2.24) is 20.4 Å². The van der Waals surface area contributed by atoms with Crippen LogP contribution in [0.1, 0.15) is 22.1 Å². The molecule has 0 saturated carbocycles. The molecular weight excluding hydrogens is 392 g/mol. The van der Waals surface area contributed by atoms with Crippen LogP contribution < -0.4 is 5.32 Å². The number of carbonyl (C=O) groups is 1. The lowest BCUT2D eigenvalue weighted by Crippen LogP contribution is -2.43. The fourth-order valence-electron chi connectivity index (χ4n) is 3.33. The van der Waals surface area contributed by atoms with E-state index in [4.69, 9.17) is 20.9 Å². The molecule has 1 fully saturated rings. The molecule has 0 unspecified atom stereocenters. The van der Waals surface area contributed by atoms with Crippen molar-refractivity contribution in [2.75, 3.05) is 32.8 Å². The second-order valence-corrected chi connectivity index (χ2v) is 7.18. The maximum atomic E-state index is 12.6. The van der Waals surface area contributed by atoms with E-state index in [0.717, 1.165) is 24.2 Å². The van der Waals surface area contributed by atoms with Crippen molar-refractivity contribution in [3.05, 3.63) is 71.1 Å². The zero-order valence-corrected chi connectivity index (χ0v) is 16.5. The van der Waals surface area contributed by atoms with E-state index in [0.29, 0.717) is 30.5 Å². The zero-order valence-electron chi connectivity index (χ0n) is 15.8. The van der Waals surface area contributed by atoms with Gasteiger partial charge in [-0.05, 0) is 35.9 Å². The van der Waals surface area contributed by atoms with Crippen LogP contribution in [0.5, 0.6) is 0 Å². The third kappa shape index (κ3) is 4.82. The van der Waals surface area contributed by atoms with Crippen LogP contribution in [0, 0.1) is 0 Å². The van der Waals surface area contributed by atoms with E-state index < -0.39 is 0 Å². The van der Waals surface area contributed by atoms with Gasteiger partial charge in [0.25, 0.3) is 5.91 Å². The van der Waals surface area contributed by atoms with E-state index in [1.807, 2.05) is 30.5 Å². The molecule has 0 radical (unpaired) electrons. The van der Waals surface area contributed by atoms with E-state index >= 15 is 0 Å². The minimum absolute atomic E-state index is 0.0131. The number of hydrogen-bond donors (Lipinski definition) is 1. The highest BCUT2D eigenvalue weighted by atomic mass is 35.5. The van der Waals surface area contributed by atoms with Crippen LogP contribution in [0.25, 0.3) is 11.3 Å². The quantitative estimate of drug-likeness (QED) is 0.669. The molecule has 1 N–H and O–H groups in total. The van der Waals surface area contributed by atoms with Crippen LogP contribution in [0.4, 0.5) is 0 Å². The average molecular weight is 413 g/mol. The first-order chi connectivity index (χ1) is 14.2. The number of nitrogens with one attached hydrogen (secondary N) is 1. The Kier molecular flexibility index (Phi) is 6.19. The number of rotatable bonds is 6. The molecule has 0 aliphatic carbocycles. The molecular formula is C21H21ClN4O3. The predicted octanol–water partition coefficient (Wildman–Crippen LogP) is 3.19. The van der Waals surface area contributed by atoms with Crippen molar-refractivity contribution >= 4 is 17.5 Å². The number of hydrogen-bond acceptors (Lipinski definition) is 6. The Hall–Kier alpha value is -2.74. The minimum atomic E-state index is -0.281. The van der Waals surface area contributed by atoms with Gasteiger partial charge < -0.3 is 14.6 Å². The molecule has 0 spiro atoms. The monoisotopic (exact) mass is 412 g/mol. The molecule has 3 heterocycles. The van der Waals surface area contributed by atoms with Gasteiger partial charge in [-0.1, -0.05) is 22.8 Å². The van der Waals surface area contributed by atoms with Crippen LogP contribution in [0.3, 0.4) is 0 Å². The summed E-state index contributed by atoms with van der Waals surface area (Å²) in [6.45, 7) is 3.41. The summed E-state index contributed by atoms with van der Waals surface area (Å²) >= 11 is 5.91. The maximum Gasteiger partial charge on any atom is 0.273 e. The summed E-state index contributed by atoms with van der Waals surface area (Å²) in [4.78, 5) is 19.2. The van der Waals surface area contributed by atoms with Gasteiger partial charge in [-0.2, -0.15) is 0 Å². The van der Waals surface area contributed by atoms with Crippen molar-refractivity contribution < 1.29 is 14.1 Å². The number of halogens is 1. The van der Waals surface area contributed by atoms with Gasteiger partial charge in [0.05, 0.1) is 19.3 Å². The van der Waals surface area contributed by atoms with Gasteiger partial charge >= 0.3 is 0 Å². The fraction of sp³-hybridized carbons (Fsp3) is 0.286. The first kappa shape index (κ1) is 19.6. The zero-order chi connectivity index (χ0) is 20.1. The largest absolute Gasteiger partial charge is 0.379 e. The third-order valence-corrected chi connectivity index (χ3v) is 5.14. The Morgan fingerprint density at radius 1 is 1.21 bits per heavy atom. The molecule has 8 heteroatoms. The van der Waals surface area contributed by atoms with Crippen molar-refractivity contribution in [1.29, 1.82) is 0 Å². The van der Waals surface area contributed by atoms with E-state index in [1.165, 1.54) is 0 Å². The SMILES string of the molecule is O=C(NC[C@@H](c1cccnc1)N1CCOCC1)c1cc(-c2ccc(Cl)cc2)on1. The Balaban J connectivity index is 1.44. The lowest BCUT2D eigenvalue weighted by molar-refractivity contribution is 0.0161. The molecule has 4 rings (SSSR count). The van der Waals surface area contributed by atoms with Gasteiger partial charge in [-0.25, -0.2) is 0 Å². The smallest absolute Gasteiger partial charge is 0.273 e. The predicted molar refractivity (Wildman–Crippen MR) is 109 cm³/mol. The van der Waals surface area contributed by atoms with E-state index in [9.17, 15) is 4.79 Å². The maximum absolute atomic E-state index is 12.6. The average Bonchev–Trinajstić information content (AvgIpc) is 3.26. The highest BCUT2D eigenvalue weighted by Gasteiger charge is 2.24. The summed E-state index contributed by atoms with van der Waals surface area (Å²) in [6, 6.07) is 12.7. The first-order valence-electron chi connectivity index (χ1n) is 9.43. The van der Waals surface area contributed by atoms with Gasteiger partial charge in [0, 0.05) is 48.7 Å². The number of pyridine rings is 1. The highest BCUT2D eigenvalue weighted by Crippen LogP contribution is 2.23. The fourth-order valence-corrected chi connectivity index (χ4v) is 3.46. The number of ether oxygens (including phenoxy) is 1. The Morgan fingerprint density at radius 3 is 2.72 bits per heavy atom. The molecule has 1 amide bonds. The molecule has 0 bridgehead atoms. The summed E-state index contributed by atoms with van der Waals surface area (Å²) in [5.74, 6) is 0.236. The Morgan fingerprint density at radius 2 is 2.00 bits per heavy atom. The van der Waals surface area contributed by atoms with E-state index in [2.05, 4.69) is 20.4 Å². The standard InChI is InChI=1S/C21H21ClN4O3/c22-17-5-3-15(4-6-17)20-12-18(25-29-20)21(27)24-14-19(16-2-1-7-23-13-16)26-8-10-28-11-9-26/h1-7,12-13,19H,8-11,14H2,(H,24,27)/t19-/m0/s1. The second kappa shape index (κ2) is 9.17. The lowest BCUT2D eigenvalue weighted by atomic mass is 10.1. The summed E-state index contributed by atoms with van der Waals surface area (Å²) in [5, 5.41) is 7.52.